The highest BCUT2D eigenvalue weighted by molar-refractivity contribution is 7.93. The van der Waals surface area contributed by atoms with E-state index in [-0.39, 0.29) is 5.69 Å². The fraction of sp³-hybridized carbons (Fsp3) is 0.241. The molecule has 1 unspecified atom stereocenters. The van der Waals surface area contributed by atoms with Crippen molar-refractivity contribution >= 4 is 27.2 Å². The Morgan fingerprint density at radius 3 is 2.26 bits per heavy atom. The van der Waals surface area contributed by atoms with Crippen molar-refractivity contribution in [2.75, 3.05) is 0 Å². The van der Waals surface area contributed by atoms with Gasteiger partial charge in [-0.25, -0.2) is 8.42 Å². The summed E-state index contributed by atoms with van der Waals surface area (Å²) in [5, 5.41) is 11.2. The van der Waals surface area contributed by atoms with Crippen molar-refractivity contribution in [2.45, 2.75) is 48.7 Å². The lowest BCUT2D eigenvalue weighted by Crippen LogP contribution is -2.47. The van der Waals surface area contributed by atoms with Gasteiger partial charge in [0.05, 0.1) is 9.82 Å². The molecule has 5 rings (SSSR count). The lowest BCUT2D eigenvalue weighted by Gasteiger charge is -2.46. The molecule has 6 heteroatoms. The Bertz CT molecular complexity index is 1440. The number of hydrogen-bond donors (Lipinski definition) is 0. The summed E-state index contributed by atoms with van der Waals surface area (Å²) in [4.78, 5) is 11.1. The van der Waals surface area contributed by atoms with Crippen LogP contribution < -0.4 is 0 Å². The molecule has 3 aromatic carbocycles. The number of fused-ring (bicyclic) bond motifs is 1. The molecule has 1 atom stereocenters. The van der Waals surface area contributed by atoms with Crippen LogP contribution in [0.25, 0.3) is 11.6 Å². The van der Waals surface area contributed by atoms with E-state index in [4.69, 9.17) is 0 Å². The summed E-state index contributed by atoms with van der Waals surface area (Å²) in [7, 11) is -3.66. The van der Waals surface area contributed by atoms with Gasteiger partial charge in [-0.3, -0.25) is 10.1 Å². The average molecular weight is 486 g/mol. The van der Waals surface area contributed by atoms with Gasteiger partial charge in [0.2, 0.25) is 0 Å². The minimum atomic E-state index is -3.66. The van der Waals surface area contributed by atoms with Gasteiger partial charge in [-0.2, -0.15) is 0 Å². The van der Waals surface area contributed by atoms with Gasteiger partial charge in [-0.05, 0) is 84.7 Å². The molecule has 2 aliphatic rings. The second kappa shape index (κ2) is 8.93. The number of nitrogens with zero attached hydrogens (tertiary/aromatic N) is 1. The molecular formula is C29H27NO4S. The number of benzene rings is 3. The van der Waals surface area contributed by atoms with Gasteiger partial charge in [0.1, 0.15) is 4.75 Å². The van der Waals surface area contributed by atoms with E-state index in [1.165, 1.54) is 12.1 Å². The van der Waals surface area contributed by atoms with Gasteiger partial charge in [0, 0.05) is 12.1 Å². The number of rotatable bonds is 5. The summed E-state index contributed by atoms with van der Waals surface area (Å²) in [5.41, 5.74) is 5.83. The van der Waals surface area contributed by atoms with Gasteiger partial charge in [-0.1, -0.05) is 60.5 Å². The molecule has 1 fully saturated rings. The van der Waals surface area contributed by atoms with Crippen LogP contribution in [0.1, 0.15) is 48.8 Å². The van der Waals surface area contributed by atoms with Gasteiger partial charge >= 0.3 is 0 Å². The SMILES string of the molecule is Cc1ccc(S(=O)(=O)C23CCCC/C(=C\c4ccccc4)C2=C(c2ccc([N+](=O)[O-])cc2)C3)cc1. The van der Waals surface area contributed by atoms with Gasteiger partial charge < -0.3 is 0 Å². The molecule has 178 valence electrons. The van der Waals surface area contributed by atoms with E-state index in [1.54, 1.807) is 24.3 Å². The molecule has 1 saturated carbocycles. The van der Waals surface area contributed by atoms with Crippen LogP contribution in [0.15, 0.2) is 94.9 Å². The van der Waals surface area contributed by atoms with Crippen molar-refractivity contribution in [2.24, 2.45) is 0 Å². The molecular weight excluding hydrogens is 458 g/mol. The number of sulfone groups is 1. The second-order valence-electron chi connectivity index (χ2n) is 9.43. The van der Waals surface area contributed by atoms with E-state index in [0.717, 1.165) is 52.7 Å². The van der Waals surface area contributed by atoms with Crippen molar-refractivity contribution < 1.29 is 13.3 Å². The van der Waals surface area contributed by atoms with Crippen LogP contribution in [0.2, 0.25) is 0 Å². The normalized spacial score (nSPS) is 21.2. The third-order valence-electron chi connectivity index (χ3n) is 7.23. The first-order valence-corrected chi connectivity index (χ1v) is 13.4. The lowest BCUT2D eigenvalue weighted by atomic mass is 9.69. The Hall–Kier alpha value is -3.51. The molecule has 3 aromatic rings. The fourth-order valence-electron chi connectivity index (χ4n) is 5.41. The Morgan fingerprint density at radius 1 is 0.914 bits per heavy atom. The first kappa shape index (κ1) is 23.2. The molecule has 5 nitrogen and oxygen atoms in total. The monoisotopic (exact) mass is 485 g/mol. The highest BCUT2D eigenvalue weighted by Gasteiger charge is 2.56. The highest BCUT2D eigenvalue weighted by Crippen LogP contribution is 2.59. The molecule has 0 amide bonds. The van der Waals surface area contributed by atoms with E-state index in [2.05, 4.69) is 6.08 Å². The van der Waals surface area contributed by atoms with E-state index in [9.17, 15) is 18.5 Å². The van der Waals surface area contributed by atoms with Crippen LogP contribution in [-0.4, -0.2) is 18.1 Å². The van der Waals surface area contributed by atoms with Crippen LogP contribution in [0, 0.1) is 17.0 Å². The summed E-state index contributed by atoms with van der Waals surface area (Å²) >= 11 is 0. The number of hydrogen-bond acceptors (Lipinski definition) is 4. The van der Waals surface area contributed by atoms with Crippen molar-refractivity contribution in [3.8, 4) is 0 Å². The third kappa shape index (κ3) is 4.02. The Kier molecular flexibility index (Phi) is 5.93. The molecule has 2 aliphatic carbocycles. The second-order valence-corrected chi connectivity index (χ2v) is 11.7. The van der Waals surface area contributed by atoms with Crippen molar-refractivity contribution in [1.82, 2.24) is 0 Å². The van der Waals surface area contributed by atoms with Gasteiger partial charge in [0.15, 0.2) is 9.84 Å². The topological polar surface area (TPSA) is 77.3 Å². The van der Waals surface area contributed by atoms with Crippen LogP contribution in [-0.2, 0) is 9.84 Å². The van der Waals surface area contributed by atoms with Crippen LogP contribution in [0.5, 0.6) is 0 Å². The smallest absolute Gasteiger partial charge is 0.258 e. The summed E-state index contributed by atoms with van der Waals surface area (Å²) in [6.45, 7) is 1.95. The Balaban J connectivity index is 1.71. The number of aryl methyl sites for hydroxylation is 1. The Morgan fingerprint density at radius 2 is 1.60 bits per heavy atom. The minimum Gasteiger partial charge on any atom is -0.258 e. The zero-order valence-corrected chi connectivity index (χ0v) is 20.4. The van der Waals surface area contributed by atoms with Crippen molar-refractivity contribution in [1.29, 1.82) is 0 Å². The number of nitro benzene ring substituents is 1. The predicted molar refractivity (Wildman–Crippen MR) is 139 cm³/mol. The van der Waals surface area contributed by atoms with Crippen molar-refractivity contribution in [3.05, 3.63) is 117 Å². The summed E-state index contributed by atoms with van der Waals surface area (Å²) in [6.07, 6.45) is 5.63. The van der Waals surface area contributed by atoms with E-state index >= 15 is 0 Å². The number of non-ortho nitro benzene ring substituents is 1. The van der Waals surface area contributed by atoms with E-state index < -0.39 is 19.5 Å². The molecule has 0 spiro atoms. The van der Waals surface area contributed by atoms with Gasteiger partial charge in [-0.15, -0.1) is 0 Å². The molecule has 0 bridgehead atoms. The first-order valence-electron chi connectivity index (χ1n) is 11.9. The van der Waals surface area contributed by atoms with Gasteiger partial charge in [0.25, 0.3) is 5.69 Å². The molecule has 0 saturated heterocycles. The zero-order valence-electron chi connectivity index (χ0n) is 19.6. The molecule has 35 heavy (non-hydrogen) atoms. The molecule has 0 heterocycles. The average Bonchev–Trinajstić information content (AvgIpc) is 2.97. The molecule has 0 aromatic heterocycles. The zero-order chi connectivity index (χ0) is 24.6. The maximum Gasteiger partial charge on any atom is 0.269 e. The highest BCUT2D eigenvalue weighted by atomic mass is 32.2. The first-order chi connectivity index (χ1) is 16.8. The maximum absolute atomic E-state index is 14.2. The lowest BCUT2D eigenvalue weighted by molar-refractivity contribution is -0.384. The van der Waals surface area contributed by atoms with Crippen LogP contribution in [0.3, 0.4) is 0 Å². The fourth-order valence-corrected chi connectivity index (χ4v) is 7.63. The molecule has 0 aliphatic heterocycles. The van der Waals surface area contributed by atoms with Crippen LogP contribution >= 0.6 is 0 Å². The number of nitro groups is 1. The van der Waals surface area contributed by atoms with E-state index in [0.29, 0.717) is 17.7 Å². The van der Waals surface area contributed by atoms with Crippen molar-refractivity contribution in [3.63, 3.8) is 0 Å². The maximum atomic E-state index is 14.2. The summed E-state index contributed by atoms with van der Waals surface area (Å²) in [6, 6.07) is 23.6. The Labute approximate surface area is 205 Å². The predicted octanol–water partition coefficient (Wildman–Crippen LogP) is 6.93. The standard InChI is InChI=1S/C29H27NO4S/c1-21-10-16-26(17-11-21)35(33,34)29-18-6-5-9-24(19-22-7-3-2-4-8-22)28(29)27(20-29)23-12-14-25(15-13-23)30(31)32/h2-4,7-8,10-17,19H,5-6,9,18,20H2,1H3/b24-19+. The molecule has 0 N–H and O–H groups in total. The van der Waals surface area contributed by atoms with E-state index in [1.807, 2.05) is 49.4 Å². The quantitative estimate of drug-likeness (QED) is 0.290. The number of allylic oxidation sites excluding steroid dienone is 2. The summed E-state index contributed by atoms with van der Waals surface area (Å²) in [5.74, 6) is 0. The minimum absolute atomic E-state index is 0.0260. The third-order valence-corrected chi connectivity index (χ3v) is 9.70. The summed E-state index contributed by atoms with van der Waals surface area (Å²) < 4.78 is 27.4. The molecule has 0 radical (unpaired) electrons. The van der Waals surface area contributed by atoms with Crippen LogP contribution in [0.4, 0.5) is 5.69 Å². The largest absolute Gasteiger partial charge is 0.269 e.